The second-order valence-electron chi connectivity index (χ2n) is 23.1. The van der Waals surface area contributed by atoms with Crippen molar-refractivity contribution in [3.63, 3.8) is 0 Å². The molecular weight excluding hydrogens is 1010 g/mol. The van der Waals surface area contributed by atoms with E-state index in [-0.39, 0.29) is 32.0 Å². The molecule has 0 saturated carbocycles. The molecule has 0 spiro atoms. The highest BCUT2D eigenvalue weighted by Gasteiger charge is 2.27. The van der Waals surface area contributed by atoms with Crippen LogP contribution in [-0.2, 0) is 32.7 Å². The lowest BCUT2D eigenvalue weighted by atomic mass is 10.0. The molecule has 80 heavy (non-hydrogen) atoms. The fourth-order valence-corrected chi connectivity index (χ4v) is 9.79. The van der Waals surface area contributed by atoms with Gasteiger partial charge >= 0.3 is 19.8 Å². The minimum Gasteiger partial charge on any atom is -0.462 e. The molecule has 0 aromatic carbocycles. The first-order valence-electron chi connectivity index (χ1n) is 33.0. The lowest BCUT2D eigenvalue weighted by molar-refractivity contribution is -0.870. The van der Waals surface area contributed by atoms with E-state index in [0.717, 1.165) is 89.9 Å². The van der Waals surface area contributed by atoms with Gasteiger partial charge in [-0.3, -0.25) is 18.6 Å². The maximum atomic E-state index is 12.9. The first kappa shape index (κ1) is 76.9. The van der Waals surface area contributed by atoms with Crippen molar-refractivity contribution in [3.05, 3.63) is 97.2 Å². The van der Waals surface area contributed by atoms with Gasteiger partial charge in [0.05, 0.1) is 27.7 Å². The third kappa shape index (κ3) is 64.1. The van der Waals surface area contributed by atoms with Crippen molar-refractivity contribution in [3.8, 4) is 0 Å². The number of nitrogens with zero attached hydrogens (tertiary/aromatic N) is 1. The number of phosphoric ester groups is 1. The largest absolute Gasteiger partial charge is 0.472 e. The molecule has 0 rings (SSSR count). The van der Waals surface area contributed by atoms with Gasteiger partial charge in [0.15, 0.2) is 6.10 Å². The Labute approximate surface area is 493 Å². The van der Waals surface area contributed by atoms with Crippen LogP contribution in [0, 0.1) is 0 Å². The molecule has 0 aliphatic carbocycles. The third-order valence-corrected chi connectivity index (χ3v) is 15.1. The van der Waals surface area contributed by atoms with Gasteiger partial charge in [-0.2, -0.15) is 0 Å². The number of esters is 2. The quantitative estimate of drug-likeness (QED) is 0.0211. The van der Waals surface area contributed by atoms with Gasteiger partial charge in [0.25, 0.3) is 0 Å². The minimum absolute atomic E-state index is 0.0276. The number of carbonyl (C=O) groups is 2. The second kappa shape index (κ2) is 60.5. The van der Waals surface area contributed by atoms with E-state index in [4.69, 9.17) is 18.5 Å². The van der Waals surface area contributed by atoms with E-state index < -0.39 is 26.5 Å². The minimum atomic E-state index is -4.40. The zero-order valence-corrected chi connectivity index (χ0v) is 53.4. The van der Waals surface area contributed by atoms with Gasteiger partial charge in [-0.05, 0) is 96.3 Å². The molecule has 1 N–H and O–H groups in total. The van der Waals surface area contributed by atoms with Crippen LogP contribution in [0.15, 0.2) is 97.2 Å². The van der Waals surface area contributed by atoms with E-state index >= 15 is 0 Å². The van der Waals surface area contributed by atoms with Crippen LogP contribution in [0.5, 0.6) is 0 Å². The van der Waals surface area contributed by atoms with Crippen LogP contribution < -0.4 is 0 Å². The highest BCUT2D eigenvalue weighted by atomic mass is 31.2. The van der Waals surface area contributed by atoms with Crippen molar-refractivity contribution in [1.29, 1.82) is 0 Å². The lowest BCUT2D eigenvalue weighted by Crippen LogP contribution is -2.37. The molecule has 2 atom stereocenters. The molecule has 0 aromatic rings. The van der Waals surface area contributed by atoms with E-state index in [1.807, 2.05) is 21.1 Å². The van der Waals surface area contributed by atoms with Crippen LogP contribution in [-0.4, -0.2) is 74.9 Å². The number of allylic oxidation sites excluding steroid dienone is 16. The highest BCUT2D eigenvalue weighted by Crippen LogP contribution is 2.43. The van der Waals surface area contributed by atoms with Crippen LogP contribution >= 0.6 is 7.82 Å². The number of hydrogen-bond acceptors (Lipinski definition) is 7. The van der Waals surface area contributed by atoms with Gasteiger partial charge in [-0.15, -0.1) is 0 Å². The fourth-order valence-electron chi connectivity index (χ4n) is 9.05. The number of phosphoric acid groups is 1. The fraction of sp³-hybridized carbons (Fsp3) is 0.743. The number of ether oxygens (including phenoxy) is 2. The summed E-state index contributed by atoms with van der Waals surface area (Å²) < 4.78 is 34.7. The second-order valence-corrected chi connectivity index (χ2v) is 24.6. The maximum Gasteiger partial charge on any atom is 0.472 e. The molecule has 0 aliphatic rings. The summed E-state index contributed by atoms with van der Waals surface area (Å²) in [5, 5.41) is 0. The summed E-state index contributed by atoms with van der Waals surface area (Å²) in [5.41, 5.74) is 0. The van der Waals surface area contributed by atoms with Crippen molar-refractivity contribution in [2.45, 2.75) is 290 Å². The third-order valence-electron chi connectivity index (χ3n) is 14.1. The van der Waals surface area contributed by atoms with Gasteiger partial charge < -0.3 is 18.9 Å². The first-order valence-corrected chi connectivity index (χ1v) is 34.5. The number of hydrogen-bond donors (Lipinski definition) is 1. The van der Waals surface area contributed by atoms with Crippen molar-refractivity contribution in [1.82, 2.24) is 0 Å². The molecule has 462 valence electrons. The number of rotatable bonds is 60. The molecule has 0 aromatic heterocycles. The average molecular weight is 1140 g/mol. The van der Waals surface area contributed by atoms with E-state index in [9.17, 15) is 19.0 Å². The SMILES string of the molecule is CC/C=C\C/C=C\C/C=C\C/C=C\C/C=C\CCCCCCCCCCCCCC(=O)OC(COC(=O)CCCCCCCCCCCCCCCC/C=C\C/C=C\C/C=C\CCCCCCC)COP(=O)(O)OCC[N+](C)(C)C. The van der Waals surface area contributed by atoms with Crippen molar-refractivity contribution in [2.24, 2.45) is 0 Å². The Morgan fingerprint density at radius 1 is 0.400 bits per heavy atom. The molecule has 0 heterocycles. The highest BCUT2D eigenvalue weighted by molar-refractivity contribution is 7.47. The number of unbranched alkanes of at least 4 members (excludes halogenated alkanes) is 30. The molecular formula is C70H125NO8P+. The van der Waals surface area contributed by atoms with Crippen molar-refractivity contribution in [2.75, 3.05) is 47.5 Å². The number of likely N-dealkylation sites (N-methyl/N-ethyl adjacent to an activating group) is 1. The van der Waals surface area contributed by atoms with E-state index in [1.54, 1.807) is 0 Å². The number of quaternary nitrogens is 1. The van der Waals surface area contributed by atoms with E-state index in [2.05, 4.69) is 111 Å². The first-order chi connectivity index (χ1) is 39.0. The average Bonchev–Trinajstić information content (AvgIpc) is 3.42. The van der Waals surface area contributed by atoms with Crippen LogP contribution in [0.3, 0.4) is 0 Å². The normalized spacial score (nSPS) is 13.8. The summed E-state index contributed by atoms with van der Waals surface area (Å²) in [4.78, 5) is 35.8. The Hall–Kier alpha value is -3.07. The summed E-state index contributed by atoms with van der Waals surface area (Å²) in [5.74, 6) is -0.798. The standard InChI is InChI=1S/C70H124NO8P/c1-6-8-10-12-14-16-18-20-22-24-26-28-30-32-34-35-37-38-40-42-44-46-48-50-52-54-56-58-60-62-69(72)76-66-68(67-78-80(74,75)77-65-64-71(3,4)5)79-70(73)63-61-59-57-55-53-51-49-47-45-43-41-39-36-33-31-29-27-25-23-21-19-17-15-13-11-9-7-2/h9,11,15,17-18,20-21,23-24,26-27,29-30,32-33,36,68H,6-8,10,12-14,16,19,22,25,28,31,34-35,37-67H2,1-5H3/p+1/b11-9-,17-15-,20-18-,23-21-,26-24-,29-27-,32-30-,36-33-. The van der Waals surface area contributed by atoms with Crippen LogP contribution in [0.25, 0.3) is 0 Å². The predicted octanol–water partition coefficient (Wildman–Crippen LogP) is 21.2. The molecule has 0 fully saturated rings. The Morgan fingerprint density at radius 2 is 0.713 bits per heavy atom. The Balaban J connectivity index is 4.10. The Kier molecular flexibility index (Phi) is 58.2. The van der Waals surface area contributed by atoms with E-state index in [1.165, 1.54) is 161 Å². The Morgan fingerprint density at radius 3 is 1.06 bits per heavy atom. The van der Waals surface area contributed by atoms with E-state index in [0.29, 0.717) is 17.4 Å². The van der Waals surface area contributed by atoms with Gasteiger partial charge in [-0.25, -0.2) is 4.57 Å². The number of carbonyl (C=O) groups excluding carboxylic acids is 2. The van der Waals surface area contributed by atoms with Crippen LogP contribution in [0.2, 0.25) is 0 Å². The van der Waals surface area contributed by atoms with Crippen molar-refractivity contribution >= 4 is 19.8 Å². The summed E-state index contributed by atoms with van der Waals surface area (Å²) in [7, 11) is 1.47. The van der Waals surface area contributed by atoms with Gasteiger partial charge in [0, 0.05) is 12.8 Å². The molecule has 0 saturated heterocycles. The molecule has 0 amide bonds. The summed E-state index contributed by atoms with van der Waals surface area (Å²) >= 11 is 0. The van der Waals surface area contributed by atoms with Crippen molar-refractivity contribution < 1.29 is 42.1 Å². The van der Waals surface area contributed by atoms with Crippen LogP contribution in [0.4, 0.5) is 0 Å². The summed E-state index contributed by atoms with van der Waals surface area (Å²) in [6.45, 7) is 4.33. The predicted molar refractivity (Wildman–Crippen MR) is 344 cm³/mol. The van der Waals surface area contributed by atoms with Gasteiger partial charge in [0.1, 0.15) is 19.8 Å². The smallest absolute Gasteiger partial charge is 0.462 e. The monoisotopic (exact) mass is 1140 g/mol. The molecule has 2 unspecified atom stereocenters. The van der Waals surface area contributed by atoms with Gasteiger partial charge in [-0.1, -0.05) is 272 Å². The molecule has 0 bridgehead atoms. The molecule has 10 heteroatoms. The van der Waals surface area contributed by atoms with Gasteiger partial charge in [0.2, 0.25) is 0 Å². The maximum absolute atomic E-state index is 12.9. The molecule has 9 nitrogen and oxygen atoms in total. The molecule has 0 aliphatic heterocycles. The zero-order chi connectivity index (χ0) is 58.4. The molecule has 0 radical (unpaired) electrons. The summed E-state index contributed by atoms with van der Waals surface area (Å²) in [6.07, 6.45) is 83.5. The van der Waals surface area contributed by atoms with Crippen LogP contribution in [0.1, 0.15) is 284 Å². The lowest BCUT2D eigenvalue weighted by Gasteiger charge is -2.24. The zero-order valence-electron chi connectivity index (χ0n) is 52.5. The summed E-state index contributed by atoms with van der Waals surface area (Å²) in [6, 6.07) is 0. The Bertz CT molecular complexity index is 1670. The topological polar surface area (TPSA) is 108 Å².